The van der Waals surface area contributed by atoms with Gasteiger partial charge in [0.2, 0.25) is 0 Å². The van der Waals surface area contributed by atoms with Crippen molar-refractivity contribution in [3.05, 3.63) is 83.5 Å². The summed E-state index contributed by atoms with van der Waals surface area (Å²) in [6.45, 7) is 12.3. The summed E-state index contributed by atoms with van der Waals surface area (Å²) < 4.78 is 18.4. The van der Waals surface area contributed by atoms with Crippen LogP contribution in [0.15, 0.2) is 60.5 Å². The van der Waals surface area contributed by atoms with Crippen molar-refractivity contribution in [1.29, 1.82) is 0 Å². The Morgan fingerprint density at radius 2 is 1.59 bits per heavy atom. The minimum Gasteiger partial charge on any atom is 0 e. The van der Waals surface area contributed by atoms with Gasteiger partial charge in [-0.3, -0.25) is 4.79 Å². The predicted octanol–water partition coefficient (Wildman–Crippen LogP) is 11.2. The Bertz CT molecular complexity index is 1870. The maximum absolute atomic E-state index is 14.9. The average Bonchev–Trinajstić information content (AvgIpc) is 3.41. The van der Waals surface area contributed by atoms with Gasteiger partial charge in [-0.1, -0.05) is 27.7 Å². The van der Waals surface area contributed by atoms with E-state index in [1.807, 2.05) is 33.8 Å². The fraction of sp³-hybridized carbons (Fsp3) is 0.385. The summed E-state index contributed by atoms with van der Waals surface area (Å²) in [5.41, 5.74) is 4.25. The van der Waals surface area contributed by atoms with Gasteiger partial charge in [0.15, 0.2) is 5.78 Å². The number of benzene rings is 3. The normalized spacial score (nSPS) is 12.1. The molecule has 2 heterocycles. The number of thiophene rings is 1. The summed E-state index contributed by atoms with van der Waals surface area (Å²) in [5, 5.41) is 13.8. The molecule has 1 radical (unpaired) electrons. The van der Waals surface area contributed by atoms with Crippen LogP contribution in [-0.4, -0.2) is 29.1 Å². The summed E-state index contributed by atoms with van der Waals surface area (Å²) in [5.74, 6) is 7.52. The smallest absolute Gasteiger partial charge is 0 e. The molecule has 247 valence electrons. The average molecular weight is 878 g/mol. The molecule has 0 fully saturated rings. The van der Waals surface area contributed by atoms with E-state index in [0.29, 0.717) is 5.39 Å². The number of rotatable bonds is 9. The zero-order chi connectivity index (χ0) is 33.1. The molecule has 0 amide bonds. The molecule has 0 aliphatic heterocycles. The van der Waals surface area contributed by atoms with Crippen LogP contribution in [0.25, 0.3) is 42.2 Å². The van der Waals surface area contributed by atoms with Crippen molar-refractivity contribution >= 4 is 65.7 Å². The second-order valence-corrected chi connectivity index (χ2v) is 24.6. The fourth-order valence-corrected chi connectivity index (χ4v) is 10.7. The predicted molar refractivity (Wildman–Crippen MR) is 195 cm³/mol. The van der Waals surface area contributed by atoms with Crippen LogP contribution in [0.5, 0.6) is 0 Å². The van der Waals surface area contributed by atoms with Gasteiger partial charge in [-0.25, -0.2) is 0 Å². The molecule has 5 aromatic rings. The molecule has 0 unspecified atom stereocenters. The van der Waals surface area contributed by atoms with E-state index in [1.54, 1.807) is 11.3 Å². The zero-order valence-corrected chi connectivity index (χ0v) is 33.9. The molecule has 3 nitrogen and oxygen atoms in total. The minimum atomic E-state index is -2.16. The van der Waals surface area contributed by atoms with Crippen LogP contribution in [0.1, 0.15) is 64.5 Å². The number of aliphatic hydroxyl groups excluding tert-OH is 1. The van der Waals surface area contributed by atoms with Crippen LogP contribution < -0.4 is 4.40 Å². The van der Waals surface area contributed by atoms with Gasteiger partial charge in [0.25, 0.3) is 0 Å². The number of halogens is 1. The number of ketones is 1. The topological polar surface area (TPSA) is 50.2 Å². The van der Waals surface area contributed by atoms with Crippen molar-refractivity contribution in [2.75, 3.05) is 0 Å². The molecular formula is C39H47FGeIrNO2S-. The van der Waals surface area contributed by atoms with Crippen molar-refractivity contribution in [1.82, 2.24) is 4.98 Å². The third kappa shape index (κ3) is 8.01. The molecule has 7 heteroatoms. The van der Waals surface area contributed by atoms with Gasteiger partial charge in [-0.2, -0.15) is 0 Å². The van der Waals surface area contributed by atoms with Gasteiger partial charge in [0.1, 0.15) is 0 Å². The fourth-order valence-electron chi connectivity index (χ4n) is 5.99. The maximum atomic E-state index is 14.9. The van der Waals surface area contributed by atoms with E-state index < -0.39 is 13.3 Å². The summed E-state index contributed by atoms with van der Waals surface area (Å²) in [4.78, 5) is 16.3. The molecule has 46 heavy (non-hydrogen) atoms. The molecule has 0 aliphatic rings. The van der Waals surface area contributed by atoms with Gasteiger partial charge in [0.05, 0.1) is 5.76 Å². The van der Waals surface area contributed by atoms with Crippen LogP contribution >= 0.6 is 11.3 Å². The Kier molecular flexibility index (Phi) is 13.4. The van der Waals surface area contributed by atoms with Crippen LogP contribution in [-0.2, 0) is 24.9 Å². The number of carbonyl (C=O) groups is 1. The molecule has 5 rings (SSSR count). The number of aliphatic hydroxyl groups is 1. The molecule has 3 aromatic carbocycles. The van der Waals surface area contributed by atoms with E-state index >= 15 is 0 Å². The number of allylic oxidation sites excluding steroid dienone is 2. The second-order valence-electron chi connectivity index (χ2n) is 13.0. The number of nitrogens with zero attached hydrogens (tertiary/aromatic N) is 1. The molecule has 0 spiro atoms. The molecule has 0 bridgehead atoms. The molecule has 2 aromatic heterocycles. The monoisotopic (exact) mass is 879 g/mol. The molecule has 0 aliphatic carbocycles. The van der Waals surface area contributed by atoms with Crippen molar-refractivity contribution in [2.45, 2.75) is 84.5 Å². The third-order valence-corrected chi connectivity index (χ3v) is 14.6. The molecular weight excluding hydrogens is 830 g/mol. The van der Waals surface area contributed by atoms with E-state index in [9.17, 15) is 14.3 Å². The zero-order valence-electron chi connectivity index (χ0n) is 28.6. The Morgan fingerprint density at radius 3 is 2.20 bits per heavy atom. The van der Waals surface area contributed by atoms with Crippen molar-refractivity contribution in [2.24, 2.45) is 11.8 Å². The molecule has 0 atom stereocenters. The first-order valence-corrected chi connectivity index (χ1v) is 24.4. The molecule has 0 saturated carbocycles. The Labute approximate surface area is 294 Å². The number of aromatic nitrogens is 1. The number of hydrogen-bond donors (Lipinski definition) is 1. The number of pyridine rings is 1. The SMILES string of the molecule is CCC(CC)C(=O)/C=C(\O)C(CC)CC.Cc1ccc2c(sc3c(-c4[c-]c5ccccc5[c]([Ge]([CH3])([CH3])[CH3])c4)ncc(F)c32)c1C.[Ir]. The van der Waals surface area contributed by atoms with Gasteiger partial charge in [-0.05, 0) is 25.7 Å². The summed E-state index contributed by atoms with van der Waals surface area (Å²) >= 11 is -0.509. The Balaban J connectivity index is 0.000000309. The number of carbonyl (C=O) groups excluding carboxylic acids is 1. The second kappa shape index (κ2) is 16.1. The van der Waals surface area contributed by atoms with E-state index in [0.717, 1.165) is 57.1 Å². The van der Waals surface area contributed by atoms with E-state index in [4.69, 9.17) is 0 Å². The van der Waals surface area contributed by atoms with E-state index in [1.165, 1.54) is 33.2 Å². The summed E-state index contributed by atoms with van der Waals surface area (Å²) in [6, 6.07) is 18.5. The molecule has 0 saturated heterocycles. The van der Waals surface area contributed by atoms with Gasteiger partial charge in [-0.15, -0.1) is 0 Å². The first-order chi connectivity index (χ1) is 21.4. The quantitative estimate of drug-likeness (QED) is 0.0695. The minimum absolute atomic E-state index is 0. The van der Waals surface area contributed by atoms with Crippen molar-refractivity contribution in [3.63, 3.8) is 0 Å². The van der Waals surface area contributed by atoms with Crippen LogP contribution in [0.4, 0.5) is 4.39 Å². The first-order valence-electron chi connectivity index (χ1n) is 16.2. The standard InChI is InChI=1S/C26H23FGeNS.C13H24O2.Ir/c1-15-10-11-20-23-21(27)14-29-24(26(23)30-25(20)16(15)2)18-12-17-8-6-7-9-19(17)22(13-18)28(3,4)5;1-5-10(6-2)12(14)9-13(15)11(7-3)8-4;/h6-11,13-14H,1-5H3;9-11,14H,5-8H2,1-4H3;/q-1;;/b;12-9-;. The van der Waals surface area contributed by atoms with Gasteiger partial charge < -0.3 is 5.11 Å². The number of hydrogen-bond acceptors (Lipinski definition) is 4. The number of aryl methyl sites for hydroxylation is 2. The Hall–Kier alpha value is -2.38. The molecule has 1 N–H and O–H groups in total. The number of fused-ring (bicyclic) bond motifs is 4. The summed E-state index contributed by atoms with van der Waals surface area (Å²) in [7, 11) is 0. The van der Waals surface area contributed by atoms with Crippen LogP contribution in [0.2, 0.25) is 17.3 Å². The third-order valence-electron chi connectivity index (χ3n) is 9.06. The first kappa shape index (κ1) is 38.1. The van der Waals surface area contributed by atoms with Crippen molar-refractivity contribution in [3.8, 4) is 11.3 Å². The van der Waals surface area contributed by atoms with Gasteiger partial charge in [0, 0.05) is 38.0 Å². The maximum Gasteiger partial charge on any atom is 0 e. The van der Waals surface area contributed by atoms with E-state index in [2.05, 4.69) is 78.6 Å². The Morgan fingerprint density at radius 1 is 0.957 bits per heavy atom. The van der Waals surface area contributed by atoms with Gasteiger partial charge >= 0.3 is 183 Å². The van der Waals surface area contributed by atoms with Crippen LogP contribution in [0, 0.1) is 37.6 Å². The van der Waals surface area contributed by atoms with E-state index in [-0.39, 0.29) is 49.3 Å². The van der Waals surface area contributed by atoms with Crippen molar-refractivity contribution < 1.29 is 34.4 Å². The largest absolute Gasteiger partial charge is 0 e. The summed E-state index contributed by atoms with van der Waals surface area (Å²) in [6.07, 6.45) is 6.28. The van der Waals surface area contributed by atoms with Crippen LogP contribution in [0.3, 0.4) is 0 Å².